The molecular formula is C17H27FN2O3. The number of carbonyl (C=O) groups excluding carboxylic acids is 1. The summed E-state index contributed by atoms with van der Waals surface area (Å²) in [5.41, 5.74) is -0.274. The van der Waals surface area contributed by atoms with Gasteiger partial charge in [-0.15, -0.1) is 0 Å². The molecule has 0 bridgehead atoms. The van der Waals surface area contributed by atoms with Gasteiger partial charge in [-0.3, -0.25) is 0 Å². The van der Waals surface area contributed by atoms with Crippen LogP contribution in [-0.2, 0) is 0 Å². The molecule has 0 heterocycles. The van der Waals surface area contributed by atoms with Gasteiger partial charge in [0.15, 0.2) is 11.6 Å². The van der Waals surface area contributed by atoms with Crippen molar-refractivity contribution in [1.29, 1.82) is 0 Å². The number of hydrogen-bond donors (Lipinski definition) is 2. The number of hydrogen-bond acceptors (Lipinski definition) is 3. The van der Waals surface area contributed by atoms with Crippen molar-refractivity contribution in [2.75, 3.05) is 20.3 Å². The van der Waals surface area contributed by atoms with E-state index < -0.39 is 5.82 Å². The SMILES string of the molecule is CC(CO)N(C)C(=O)NC(COc1ccccc1F)C(C)(C)C. The first-order valence-electron chi connectivity index (χ1n) is 7.68. The molecule has 0 aliphatic carbocycles. The van der Waals surface area contributed by atoms with E-state index >= 15 is 0 Å². The molecule has 5 nitrogen and oxygen atoms in total. The van der Waals surface area contributed by atoms with Crippen molar-refractivity contribution in [3.8, 4) is 5.75 Å². The van der Waals surface area contributed by atoms with Gasteiger partial charge in [-0.25, -0.2) is 9.18 Å². The number of aliphatic hydroxyl groups excluding tert-OH is 1. The van der Waals surface area contributed by atoms with Crippen LogP contribution < -0.4 is 10.1 Å². The second kappa shape index (κ2) is 8.15. The summed E-state index contributed by atoms with van der Waals surface area (Å²) in [6, 6.07) is 5.26. The maximum absolute atomic E-state index is 13.6. The molecule has 0 spiro atoms. The zero-order valence-electron chi connectivity index (χ0n) is 14.5. The summed E-state index contributed by atoms with van der Waals surface area (Å²) in [7, 11) is 1.62. The maximum atomic E-state index is 13.6. The summed E-state index contributed by atoms with van der Waals surface area (Å²) in [6.07, 6.45) is 0. The molecular weight excluding hydrogens is 299 g/mol. The van der Waals surface area contributed by atoms with Crippen molar-refractivity contribution in [3.63, 3.8) is 0 Å². The van der Waals surface area contributed by atoms with Crippen molar-refractivity contribution in [3.05, 3.63) is 30.1 Å². The van der Waals surface area contributed by atoms with Crippen LogP contribution in [0.25, 0.3) is 0 Å². The van der Waals surface area contributed by atoms with Gasteiger partial charge >= 0.3 is 6.03 Å². The molecule has 2 atom stereocenters. The van der Waals surface area contributed by atoms with E-state index in [0.29, 0.717) is 0 Å². The van der Waals surface area contributed by atoms with Crippen molar-refractivity contribution in [2.24, 2.45) is 5.41 Å². The van der Waals surface area contributed by atoms with Crippen LogP contribution in [-0.4, -0.2) is 48.4 Å². The first-order chi connectivity index (χ1) is 10.7. The molecule has 1 aromatic carbocycles. The highest BCUT2D eigenvalue weighted by molar-refractivity contribution is 5.74. The van der Waals surface area contributed by atoms with Gasteiger partial charge in [0, 0.05) is 7.05 Å². The van der Waals surface area contributed by atoms with E-state index in [1.807, 2.05) is 20.8 Å². The smallest absolute Gasteiger partial charge is 0.317 e. The predicted molar refractivity (Wildman–Crippen MR) is 88.0 cm³/mol. The summed E-state index contributed by atoms with van der Waals surface area (Å²) < 4.78 is 19.2. The normalized spacial score (nSPS) is 14.0. The third-order valence-corrected chi connectivity index (χ3v) is 3.83. The van der Waals surface area contributed by atoms with Crippen LogP contribution in [0.15, 0.2) is 24.3 Å². The number of para-hydroxylation sites is 1. The van der Waals surface area contributed by atoms with E-state index in [4.69, 9.17) is 9.84 Å². The van der Waals surface area contributed by atoms with Gasteiger partial charge in [-0.1, -0.05) is 32.9 Å². The number of nitrogens with zero attached hydrogens (tertiary/aromatic N) is 1. The number of ether oxygens (including phenoxy) is 1. The molecule has 2 unspecified atom stereocenters. The van der Waals surface area contributed by atoms with Crippen LogP contribution in [0.5, 0.6) is 5.75 Å². The molecule has 2 N–H and O–H groups in total. The Morgan fingerprint density at radius 1 is 1.39 bits per heavy atom. The Labute approximate surface area is 137 Å². The van der Waals surface area contributed by atoms with Crippen LogP contribution in [0.2, 0.25) is 0 Å². The molecule has 2 amide bonds. The van der Waals surface area contributed by atoms with Gasteiger partial charge in [-0.2, -0.15) is 0 Å². The average molecular weight is 326 g/mol. The molecule has 0 aliphatic heterocycles. The molecule has 0 aromatic heterocycles. The van der Waals surface area contributed by atoms with Crippen molar-refractivity contribution in [1.82, 2.24) is 10.2 Å². The van der Waals surface area contributed by atoms with Crippen LogP contribution in [0.4, 0.5) is 9.18 Å². The minimum atomic E-state index is -0.433. The Balaban J connectivity index is 2.74. The van der Waals surface area contributed by atoms with Crippen molar-refractivity contribution in [2.45, 2.75) is 39.8 Å². The van der Waals surface area contributed by atoms with Crippen molar-refractivity contribution >= 4 is 6.03 Å². The number of nitrogens with one attached hydrogen (secondary N) is 1. The molecule has 0 fully saturated rings. The van der Waals surface area contributed by atoms with Crippen molar-refractivity contribution < 1.29 is 19.0 Å². The third kappa shape index (κ3) is 5.71. The van der Waals surface area contributed by atoms with E-state index in [1.54, 1.807) is 32.2 Å². The number of amides is 2. The number of halogens is 1. The Morgan fingerprint density at radius 3 is 2.52 bits per heavy atom. The number of urea groups is 1. The molecule has 130 valence electrons. The summed E-state index contributed by atoms with van der Waals surface area (Å²) in [6.45, 7) is 7.70. The lowest BCUT2D eigenvalue weighted by Gasteiger charge is -2.34. The Hall–Kier alpha value is -1.82. The van der Waals surface area contributed by atoms with Gasteiger partial charge in [0.05, 0.1) is 18.7 Å². The fraction of sp³-hybridized carbons (Fsp3) is 0.588. The summed E-state index contributed by atoms with van der Waals surface area (Å²) in [4.78, 5) is 13.7. The fourth-order valence-corrected chi connectivity index (χ4v) is 1.82. The van der Waals surface area contributed by atoms with Gasteiger partial charge in [0.2, 0.25) is 0 Å². The molecule has 0 saturated heterocycles. The van der Waals surface area contributed by atoms with E-state index in [0.717, 1.165) is 0 Å². The summed E-state index contributed by atoms with van der Waals surface area (Å²) in [5.74, 6) is -0.273. The van der Waals surface area contributed by atoms with Gasteiger partial charge in [0.25, 0.3) is 0 Å². The molecule has 6 heteroatoms. The highest BCUT2D eigenvalue weighted by Crippen LogP contribution is 2.22. The quantitative estimate of drug-likeness (QED) is 0.845. The van der Waals surface area contributed by atoms with Crippen LogP contribution in [0.3, 0.4) is 0 Å². The minimum absolute atomic E-state index is 0.115. The van der Waals surface area contributed by atoms with E-state index in [-0.39, 0.29) is 42.5 Å². The average Bonchev–Trinajstić information content (AvgIpc) is 2.49. The van der Waals surface area contributed by atoms with Crippen LogP contribution in [0.1, 0.15) is 27.7 Å². The number of benzene rings is 1. The number of rotatable bonds is 6. The third-order valence-electron chi connectivity index (χ3n) is 3.83. The number of aliphatic hydroxyl groups is 1. The number of likely N-dealkylation sites (N-methyl/N-ethyl adjacent to an activating group) is 1. The van der Waals surface area contributed by atoms with E-state index in [1.165, 1.54) is 11.0 Å². The molecule has 0 aliphatic rings. The highest BCUT2D eigenvalue weighted by Gasteiger charge is 2.29. The van der Waals surface area contributed by atoms with Crippen LogP contribution >= 0.6 is 0 Å². The van der Waals surface area contributed by atoms with E-state index in [9.17, 15) is 9.18 Å². The Morgan fingerprint density at radius 2 is 2.00 bits per heavy atom. The van der Waals surface area contributed by atoms with Crippen LogP contribution in [0, 0.1) is 11.2 Å². The highest BCUT2D eigenvalue weighted by atomic mass is 19.1. The molecule has 0 saturated carbocycles. The Kier molecular flexibility index (Phi) is 6.81. The first-order valence-corrected chi connectivity index (χ1v) is 7.68. The van der Waals surface area contributed by atoms with Gasteiger partial charge in [-0.05, 0) is 24.5 Å². The molecule has 0 radical (unpaired) electrons. The summed E-state index contributed by atoms with van der Waals surface area (Å²) >= 11 is 0. The molecule has 1 aromatic rings. The standard InChI is InChI=1S/C17H27FN2O3/c1-12(10-21)20(5)16(22)19-15(17(2,3)4)11-23-14-9-7-6-8-13(14)18/h6-9,12,15,21H,10-11H2,1-5H3,(H,19,22). The maximum Gasteiger partial charge on any atom is 0.317 e. The zero-order chi connectivity index (χ0) is 17.6. The lowest BCUT2D eigenvalue weighted by atomic mass is 9.87. The fourth-order valence-electron chi connectivity index (χ4n) is 1.82. The van der Waals surface area contributed by atoms with Gasteiger partial charge in [0.1, 0.15) is 6.61 Å². The topological polar surface area (TPSA) is 61.8 Å². The second-order valence-corrected chi connectivity index (χ2v) is 6.75. The van der Waals surface area contributed by atoms with E-state index in [2.05, 4.69) is 5.32 Å². The predicted octanol–water partition coefficient (Wildman–Crippen LogP) is 2.64. The first kappa shape index (κ1) is 19.2. The van der Waals surface area contributed by atoms with Gasteiger partial charge < -0.3 is 20.1 Å². The zero-order valence-corrected chi connectivity index (χ0v) is 14.5. The Bertz CT molecular complexity index is 517. The summed E-state index contributed by atoms with van der Waals surface area (Å²) in [5, 5.41) is 12.0. The monoisotopic (exact) mass is 326 g/mol. The second-order valence-electron chi connectivity index (χ2n) is 6.75. The largest absolute Gasteiger partial charge is 0.488 e. The number of carbonyl (C=O) groups is 1. The molecule has 1 rings (SSSR count). The lowest BCUT2D eigenvalue weighted by Crippen LogP contribution is -2.53. The lowest BCUT2D eigenvalue weighted by molar-refractivity contribution is 0.133. The minimum Gasteiger partial charge on any atom is -0.488 e. The molecule has 23 heavy (non-hydrogen) atoms.